The minimum absolute atomic E-state index is 0.0310. The Bertz CT molecular complexity index is 626. The van der Waals surface area contributed by atoms with E-state index in [4.69, 9.17) is 14.6 Å². The van der Waals surface area contributed by atoms with Gasteiger partial charge in [-0.05, 0) is 29.1 Å². The molecule has 23 heavy (non-hydrogen) atoms. The number of aliphatic hydroxyl groups is 1. The Labute approximate surface area is 144 Å². The summed E-state index contributed by atoms with van der Waals surface area (Å²) in [6, 6.07) is 9.41. The van der Waals surface area contributed by atoms with Crippen molar-refractivity contribution in [3.8, 4) is 11.5 Å². The van der Waals surface area contributed by atoms with E-state index in [0.717, 1.165) is 10.4 Å². The van der Waals surface area contributed by atoms with Crippen molar-refractivity contribution in [2.75, 3.05) is 26.6 Å². The summed E-state index contributed by atoms with van der Waals surface area (Å²) >= 11 is 3.02. The van der Waals surface area contributed by atoms with Crippen molar-refractivity contribution in [2.24, 2.45) is 0 Å². The molecule has 2 rings (SSSR count). The molecule has 2 aromatic rings. The van der Waals surface area contributed by atoms with Crippen LogP contribution in [0.3, 0.4) is 0 Å². The van der Waals surface area contributed by atoms with Crippen LogP contribution < -0.4 is 9.47 Å². The summed E-state index contributed by atoms with van der Waals surface area (Å²) in [6.45, 7) is 0.0850. The van der Waals surface area contributed by atoms with E-state index >= 15 is 0 Å². The van der Waals surface area contributed by atoms with Crippen LogP contribution in [0.5, 0.6) is 11.5 Å². The number of thiophene rings is 1. The molecule has 0 aliphatic heterocycles. The highest BCUT2D eigenvalue weighted by Crippen LogP contribution is 2.38. The number of hydrogen-bond donors (Lipinski definition) is 1. The number of ether oxygens (including phenoxy) is 2. The number of thioether (sulfide) groups is 1. The molecule has 1 heterocycles. The molecule has 0 bridgehead atoms. The maximum Gasteiger partial charge on any atom is 0.174 e. The van der Waals surface area contributed by atoms with Gasteiger partial charge in [0, 0.05) is 17.4 Å². The van der Waals surface area contributed by atoms with Crippen molar-refractivity contribution >= 4 is 28.9 Å². The lowest BCUT2D eigenvalue weighted by Gasteiger charge is -2.17. The summed E-state index contributed by atoms with van der Waals surface area (Å²) in [5.41, 5.74) is 0.992. The first-order valence-corrected chi connectivity index (χ1v) is 9.13. The van der Waals surface area contributed by atoms with Crippen molar-refractivity contribution in [3.63, 3.8) is 0 Å². The van der Waals surface area contributed by atoms with Crippen molar-refractivity contribution in [1.29, 1.82) is 0 Å². The predicted molar refractivity (Wildman–Crippen MR) is 95.1 cm³/mol. The van der Waals surface area contributed by atoms with Gasteiger partial charge in [-0.25, -0.2) is 0 Å². The fourth-order valence-electron chi connectivity index (χ4n) is 2.23. The lowest BCUT2D eigenvalue weighted by atomic mass is 10.1. The molecular weight excluding hydrogens is 332 g/mol. The minimum Gasteiger partial charge on any atom is -0.493 e. The van der Waals surface area contributed by atoms with Crippen LogP contribution in [-0.2, 0) is 0 Å². The Balaban J connectivity index is 2.22. The van der Waals surface area contributed by atoms with Crippen molar-refractivity contribution < 1.29 is 19.4 Å². The normalized spacial score (nSPS) is 12.0. The first-order chi connectivity index (χ1) is 11.2. The molecule has 124 valence electrons. The highest BCUT2D eigenvalue weighted by Gasteiger charge is 2.20. The van der Waals surface area contributed by atoms with Crippen molar-refractivity contribution in [3.05, 3.63) is 46.2 Å². The van der Waals surface area contributed by atoms with Crippen LogP contribution in [0.1, 0.15) is 26.9 Å². The largest absolute Gasteiger partial charge is 0.493 e. The second-order valence-electron chi connectivity index (χ2n) is 4.80. The zero-order valence-corrected chi connectivity index (χ0v) is 14.8. The van der Waals surface area contributed by atoms with Crippen LogP contribution in [0.2, 0.25) is 0 Å². The topological polar surface area (TPSA) is 55.8 Å². The third-order valence-electron chi connectivity index (χ3n) is 3.36. The van der Waals surface area contributed by atoms with Gasteiger partial charge < -0.3 is 14.6 Å². The molecule has 4 nitrogen and oxygen atoms in total. The Morgan fingerprint density at radius 1 is 1.26 bits per heavy atom. The number of rotatable bonds is 9. The van der Waals surface area contributed by atoms with E-state index in [0.29, 0.717) is 23.7 Å². The highest BCUT2D eigenvalue weighted by atomic mass is 32.2. The number of hydrogen-bond acceptors (Lipinski definition) is 6. The summed E-state index contributed by atoms with van der Waals surface area (Å²) < 4.78 is 10.6. The number of benzene rings is 1. The van der Waals surface area contributed by atoms with Gasteiger partial charge in [0.25, 0.3) is 0 Å². The standard InChI is InChI=1S/C17H20O4S2/c1-20-14-6-5-12(10-15(14)21-2)17(23-9-7-18)11-13(19)16-4-3-8-22-16/h3-6,8,10,17-18H,7,9,11H2,1-2H3/t17-/m1/s1. The van der Waals surface area contributed by atoms with Gasteiger partial charge in [-0.1, -0.05) is 12.1 Å². The van der Waals surface area contributed by atoms with Crippen LogP contribution in [0.25, 0.3) is 0 Å². The van der Waals surface area contributed by atoms with Gasteiger partial charge in [0.2, 0.25) is 0 Å². The average molecular weight is 352 g/mol. The predicted octanol–water partition coefficient (Wildman–Crippen LogP) is 3.80. The third kappa shape index (κ3) is 4.73. The molecule has 0 saturated carbocycles. The zero-order chi connectivity index (χ0) is 16.7. The fraction of sp³-hybridized carbons (Fsp3) is 0.353. The van der Waals surface area contributed by atoms with Crippen LogP contribution in [0.15, 0.2) is 35.7 Å². The van der Waals surface area contributed by atoms with Gasteiger partial charge in [-0.2, -0.15) is 11.8 Å². The second-order valence-corrected chi connectivity index (χ2v) is 7.06. The molecule has 0 unspecified atom stereocenters. The van der Waals surface area contributed by atoms with E-state index in [9.17, 15) is 4.79 Å². The Hall–Kier alpha value is -1.50. The Morgan fingerprint density at radius 3 is 2.65 bits per heavy atom. The number of ketones is 1. The SMILES string of the molecule is COc1ccc([C@@H](CC(=O)c2cccs2)SCCO)cc1OC. The molecule has 0 fully saturated rings. The molecule has 1 N–H and O–H groups in total. The molecule has 6 heteroatoms. The van der Waals surface area contributed by atoms with Gasteiger partial charge in [-0.15, -0.1) is 11.3 Å². The second kappa shape index (κ2) is 8.96. The quantitative estimate of drug-likeness (QED) is 0.696. The lowest BCUT2D eigenvalue weighted by molar-refractivity contribution is 0.0986. The Kier molecular flexibility index (Phi) is 6.95. The first kappa shape index (κ1) is 17.8. The first-order valence-electron chi connectivity index (χ1n) is 7.20. The third-order valence-corrected chi connectivity index (χ3v) is 5.53. The van der Waals surface area contributed by atoms with Gasteiger partial charge in [-0.3, -0.25) is 4.79 Å². The monoisotopic (exact) mass is 352 g/mol. The zero-order valence-electron chi connectivity index (χ0n) is 13.2. The number of carbonyl (C=O) groups is 1. The smallest absolute Gasteiger partial charge is 0.174 e. The molecule has 1 atom stereocenters. The van der Waals surface area contributed by atoms with Crippen molar-refractivity contribution in [1.82, 2.24) is 0 Å². The van der Waals surface area contributed by atoms with Crippen LogP contribution in [0, 0.1) is 0 Å². The molecule has 0 saturated heterocycles. The number of methoxy groups -OCH3 is 2. The molecule has 0 aliphatic rings. The van der Waals surface area contributed by atoms with Gasteiger partial charge in [0.1, 0.15) is 0 Å². The number of carbonyl (C=O) groups excluding carboxylic acids is 1. The summed E-state index contributed by atoms with van der Waals surface area (Å²) in [5.74, 6) is 2.00. The molecular formula is C17H20O4S2. The van der Waals surface area contributed by atoms with Gasteiger partial charge in [0.15, 0.2) is 17.3 Å². The van der Waals surface area contributed by atoms with Crippen LogP contribution in [0.4, 0.5) is 0 Å². The van der Waals surface area contributed by atoms with E-state index in [1.165, 1.54) is 11.3 Å². The van der Waals surface area contributed by atoms with E-state index < -0.39 is 0 Å². The van der Waals surface area contributed by atoms with E-state index in [2.05, 4.69) is 0 Å². The summed E-state index contributed by atoms with van der Waals surface area (Å²) in [6.07, 6.45) is 0.390. The molecule has 0 spiro atoms. The van der Waals surface area contributed by atoms with Gasteiger partial charge in [0.05, 0.1) is 25.7 Å². The number of Topliss-reactive ketones (excluding diaryl/α,β-unsaturated/α-hetero) is 1. The molecule has 0 amide bonds. The number of aliphatic hydroxyl groups excluding tert-OH is 1. The van der Waals surface area contributed by atoms with Crippen molar-refractivity contribution in [2.45, 2.75) is 11.7 Å². The van der Waals surface area contributed by atoms with Crippen LogP contribution in [-0.4, -0.2) is 37.5 Å². The maximum atomic E-state index is 12.4. The molecule has 0 radical (unpaired) electrons. The maximum absolute atomic E-state index is 12.4. The molecule has 0 aliphatic carbocycles. The van der Waals surface area contributed by atoms with Crippen LogP contribution >= 0.6 is 23.1 Å². The average Bonchev–Trinajstić information content (AvgIpc) is 3.12. The molecule has 1 aromatic heterocycles. The fourth-order valence-corrected chi connectivity index (χ4v) is 3.90. The summed E-state index contributed by atoms with van der Waals surface area (Å²) in [5, 5.41) is 11.0. The highest BCUT2D eigenvalue weighted by molar-refractivity contribution is 7.99. The minimum atomic E-state index is -0.0310. The lowest BCUT2D eigenvalue weighted by Crippen LogP contribution is -2.06. The molecule has 1 aromatic carbocycles. The Morgan fingerprint density at radius 2 is 2.04 bits per heavy atom. The van der Waals surface area contributed by atoms with E-state index in [1.54, 1.807) is 26.0 Å². The van der Waals surface area contributed by atoms with E-state index in [1.807, 2.05) is 35.7 Å². The van der Waals surface area contributed by atoms with E-state index in [-0.39, 0.29) is 17.6 Å². The van der Waals surface area contributed by atoms with Gasteiger partial charge >= 0.3 is 0 Å². The summed E-state index contributed by atoms with van der Waals surface area (Å²) in [4.78, 5) is 13.2. The summed E-state index contributed by atoms with van der Waals surface area (Å²) in [7, 11) is 3.18.